The van der Waals surface area contributed by atoms with Gasteiger partial charge in [0.25, 0.3) is 0 Å². The molecule has 2 N–H and O–H groups in total. The number of carbonyl (C=O) groups excluding carboxylic acids is 1. The van der Waals surface area contributed by atoms with Crippen molar-refractivity contribution in [2.45, 2.75) is 19.4 Å². The lowest BCUT2D eigenvalue weighted by molar-refractivity contribution is -0.117. The summed E-state index contributed by atoms with van der Waals surface area (Å²) in [4.78, 5) is 11.6. The van der Waals surface area contributed by atoms with E-state index in [0.717, 1.165) is 12.8 Å². The van der Waals surface area contributed by atoms with Gasteiger partial charge in [0.2, 0.25) is 5.91 Å². The summed E-state index contributed by atoms with van der Waals surface area (Å²) in [5, 5.41) is 13.6. The fourth-order valence-electron chi connectivity index (χ4n) is 1.89. The van der Waals surface area contributed by atoms with Gasteiger partial charge >= 0.3 is 0 Å². The van der Waals surface area contributed by atoms with Crippen LogP contribution in [0.1, 0.15) is 18.4 Å². The zero-order chi connectivity index (χ0) is 14.7. The van der Waals surface area contributed by atoms with Gasteiger partial charge in [0, 0.05) is 18.0 Å². The minimum absolute atomic E-state index is 0.00336. The van der Waals surface area contributed by atoms with Crippen molar-refractivity contribution >= 4 is 17.5 Å². The SMILES string of the molecule is O=C(Nc1ccc(NCc2ccccc2F)nn1)C1CC1. The molecule has 0 saturated heterocycles. The quantitative estimate of drug-likeness (QED) is 0.886. The van der Waals surface area contributed by atoms with Gasteiger partial charge in [-0.15, -0.1) is 10.2 Å². The third kappa shape index (κ3) is 3.53. The highest BCUT2D eigenvalue weighted by atomic mass is 19.1. The number of halogens is 1. The summed E-state index contributed by atoms with van der Waals surface area (Å²) in [5.41, 5.74) is 0.561. The average molecular weight is 286 g/mol. The molecular weight excluding hydrogens is 271 g/mol. The van der Waals surface area contributed by atoms with Crippen LogP contribution in [0.4, 0.5) is 16.0 Å². The zero-order valence-corrected chi connectivity index (χ0v) is 11.3. The fraction of sp³-hybridized carbons (Fsp3) is 0.267. The van der Waals surface area contributed by atoms with Crippen molar-refractivity contribution in [3.63, 3.8) is 0 Å². The van der Waals surface area contributed by atoms with Crippen LogP contribution in [0.5, 0.6) is 0 Å². The predicted octanol–water partition coefficient (Wildman–Crippen LogP) is 2.58. The Bertz CT molecular complexity index is 640. The lowest BCUT2D eigenvalue weighted by Gasteiger charge is -2.07. The number of rotatable bonds is 5. The van der Waals surface area contributed by atoms with Crippen molar-refractivity contribution in [1.82, 2.24) is 10.2 Å². The summed E-state index contributed by atoms with van der Waals surface area (Å²) in [5.74, 6) is 0.833. The molecule has 3 rings (SSSR count). The minimum atomic E-state index is -0.258. The summed E-state index contributed by atoms with van der Waals surface area (Å²) >= 11 is 0. The molecule has 0 aliphatic heterocycles. The molecule has 1 aromatic carbocycles. The molecule has 1 fully saturated rings. The van der Waals surface area contributed by atoms with E-state index in [4.69, 9.17) is 0 Å². The number of hydrogen-bond donors (Lipinski definition) is 2. The Labute approximate surface area is 121 Å². The molecule has 1 heterocycles. The Kier molecular flexibility index (Phi) is 3.77. The molecular formula is C15H15FN4O. The molecule has 1 aromatic heterocycles. The average Bonchev–Trinajstić information content (AvgIpc) is 3.33. The first-order valence-corrected chi connectivity index (χ1v) is 6.84. The molecule has 21 heavy (non-hydrogen) atoms. The third-order valence-electron chi connectivity index (χ3n) is 3.28. The van der Waals surface area contributed by atoms with E-state index in [1.165, 1.54) is 6.07 Å². The van der Waals surface area contributed by atoms with Gasteiger partial charge in [0.15, 0.2) is 5.82 Å². The second-order valence-corrected chi connectivity index (χ2v) is 5.01. The molecule has 6 heteroatoms. The maximum Gasteiger partial charge on any atom is 0.228 e. The van der Waals surface area contributed by atoms with Gasteiger partial charge in [-0.2, -0.15) is 0 Å². The van der Waals surface area contributed by atoms with Crippen molar-refractivity contribution in [2.24, 2.45) is 5.92 Å². The van der Waals surface area contributed by atoms with Crippen LogP contribution in [0.25, 0.3) is 0 Å². The van der Waals surface area contributed by atoms with Crippen LogP contribution in [-0.4, -0.2) is 16.1 Å². The number of amides is 1. The molecule has 5 nitrogen and oxygen atoms in total. The summed E-state index contributed by atoms with van der Waals surface area (Å²) in [6.07, 6.45) is 1.89. The van der Waals surface area contributed by atoms with Crippen molar-refractivity contribution in [2.75, 3.05) is 10.6 Å². The maximum absolute atomic E-state index is 13.5. The molecule has 1 amide bonds. The molecule has 1 aliphatic carbocycles. The number of nitrogens with one attached hydrogen (secondary N) is 2. The van der Waals surface area contributed by atoms with Crippen LogP contribution in [0.3, 0.4) is 0 Å². The molecule has 0 radical (unpaired) electrons. The number of aromatic nitrogens is 2. The number of hydrogen-bond acceptors (Lipinski definition) is 4. The highest BCUT2D eigenvalue weighted by molar-refractivity contribution is 5.93. The Morgan fingerprint density at radius 3 is 2.52 bits per heavy atom. The highest BCUT2D eigenvalue weighted by Crippen LogP contribution is 2.29. The van der Waals surface area contributed by atoms with Gasteiger partial charge in [-0.25, -0.2) is 4.39 Å². The first kappa shape index (κ1) is 13.5. The Hall–Kier alpha value is -2.50. The number of anilines is 2. The topological polar surface area (TPSA) is 66.9 Å². The maximum atomic E-state index is 13.5. The lowest BCUT2D eigenvalue weighted by atomic mass is 10.2. The van der Waals surface area contributed by atoms with E-state index in [2.05, 4.69) is 20.8 Å². The van der Waals surface area contributed by atoms with Crippen LogP contribution in [0.2, 0.25) is 0 Å². The Morgan fingerprint density at radius 2 is 1.86 bits per heavy atom. The van der Waals surface area contributed by atoms with Crippen molar-refractivity contribution in [1.29, 1.82) is 0 Å². The van der Waals surface area contributed by atoms with Gasteiger partial charge in [-0.3, -0.25) is 4.79 Å². The third-order valence-corrected chi connectivity index (χ3v) is 3.28. The standard InChI is InChI=1S/C15H15FN4O/c16-12-4-2-1-3-11(12)9-17-13-7-8-14(20-19-13)18-15(21)10-5-6-10/h1-4,7-8,10H,5-6,9H2,(H,17,19)(H,18,20,21). The second-order valence-electron chi connectivity index (χ2n) is 5.01. The van der Waals surface area contributed by atoms with Crippen LogP contribution in [0.15, 0.2) is 36.4 Å². The van der Waals surface area contributed by atoms with Crippen molar-refractivity contribution in [3.8, 4) is 0 Å². The van der Waals surface area contributed by atoms with Crippen LogP contribution in [-0.2, 0) is 11.3 Å². The molecule has 0 bridgehead atoms. The van der Waals surface area contributed by atoms with Crippen molar-refractivity contribution < 1.29 is 9.18 Å². The van der Waals surface area contributed by atoms with E-state index in [1.54, 1.807) is 30.3 Å². The lowest BCUT2D eigenvalue weighted by Crippen LogP contribution is -2.15. The van der Waals surface area contributed by atoms with Crippen LogP contribution < -0.4 is 10.6 Å². The molecule has 1 saturated carbocycles. The van der Waals surface area contributed by atoms with E-state index in [-0.39, 0.29) is 17.6 Å². The van der Waals surface area contributed by atoms with E-state index in [1.807, 2.05) is 0 Å². The summed E-state index contributed by atoms with van der Waals surface area (Å²) in [7, 11) is 0. The zero-order valence-electron chi connectivity index (χ0n) is 11.3. The van der Waals surface area contributed by atoms with E-state index < -0.39 is 0 Å². The number of benzene rings is 1. The van der Waals surface area contributed by atoms with Crippen LogP contribution in [0, 0.1) is 11.7 Å². The molecule has 2 aromatic rings. The molecule has 0 atom stereocenters. The van der Waals surface area contributed by atoms with Gasteiger partial charge in [0.05, 0.1) is 0 Å². The van der Waals surface area contributed by atoms with Gasteiger partial charge in [0.1, 0.15) is 11.6 Å². The molecule has 0 unspecified atom stereocenters. The second kappa shape index (κ2) is 5.87. The Morgan fingerprint density at radius 1 is 1.14 bits per heavy atom. The number of nitrogens with zero attached hydrogens (tertiary/aromatic N) is 2. The molecule has 1 aliphatic rings. The Balaban J connectivity index is 1.56. The summed E-state index contributed by atoms with van der Waals surface area (Å²) in [6, 6.07) is 9.94. The number of carbonyl (C=O) groups is 1. The normalized spacial score (nSPS) is 13.8. The molecule has 0 spiro atoms. The minimum Gasteiger partial charge on any atom is -0.364 e. The fourth-order valence-corrected chi connectivity index (χ4v) is 1.89. The van der Waals surface area contributed by atoms with Gasteiger partial charge in [-0.05, 0) is 31.0 Å². The highest BCUT2D eigenvalue weighted by Gasteiger charge is 2.29. The van der Waals surface area contributed by atoms with Crippen LogP contribution >= 0.6 is 0 Å². The van der Waals surface area contributed by atoms with Gasteiger partial charge < -0.3 is 10.6 Å². The largest absolute Gasteiger partial charge is 0.364 e. The van der Waals surface area contributed by atoms with E-state index >= 15 is 0 Å². The monoisotopic (exact) mass is 286 g/mol. The summed E-state index contributed by atoms with van der Waals surface area (Å²) < 4.78 is 13.5. The predicted molar refractivity (Wildman–Crippen MR) is 77.1 cm³/mol. The van der Waals surface area contributed by atoms with E-state index in [0.29, 0.717) is 23.7 Å². The van der Waals surface area contributed by atoms with E-state index in [9.17, 15) is 9.18 Å². The first-order valence-electron chi connectivity index (χ1n) is 6.84. The van der Waals surface area contributed by atoms with Crippen molar-refractivity contribution in [3.05, 3.63) is 47.8 Å². The summed E-state index contributed by atoms with van der Waals surface area (Å²) in [6.45, 7) is 0.329. The molecule has 108 valence electrons. The first-order chi connectivity index (χ1) is 10.2. The van der Waals surface area contributed by atoms with Gasteiger partial charge in [-0.1, -0.05) is 18.2 Å². The smallest absolute Gasteiger partial charge is 0.228 e.